The minimum Gasteiger partial charge on any atom is -0.392 e. The van der Waals surface area contributed by atoms with Gasteiger partial charge >= 0.3 is 0 Å². The minimum absolute atomic E-state index is 0.102. The molecule has 0 unspecified atom stereocenters. The topological polar surface area (TPSA) is 49.6 Å². The van der Waals surface area contributed by atoms with Gasteiger partial charge in [-0.3, -0.25) is 9.69 Å². The van der Waals surface area contributed by atoms with Gasteiger partial charge in [0.05, 0.1) is 4.99 Å². The van der Waals surface area contributed by atoms with Crippen LogP contribution in [0.5, 0.6) is 0 Å². The first kappa shape index (κ1) is 13.0. The van der Waals surface area contributed by atoms with Crippen LogP contribution < -0.4 is 5.73 Å². The zero-order valence-corrected chi connectivity index (χ0v) is 11.0. The fourth-order valence-corrected chi connectivity index (χ4v) is 2.28. The van der Waals surface area contributed by atoms with E-state index < -0.39 is 0 Å². The number of hydrogen-bond donors (Lipinski definition) is 1. The molecule has 1 fully saturated rings. The lowest BCUT2D eigenvalue weighted by molar-refractivity contribution is 0.0654. The number of thiocarbonyl (C=S) groups is 1. The van der Waals surface area contributed by atoms with Gasteiger partial charge in [-0.05, 0) is 12.1 Å². The van der Waals surface area contributed by atoms with Crippen molar-refractivity contribution in [3.05, 3.63) is 35.9 Å². The summed E-state index contributed by atoms with van der Waals surface area (Å²) in [6.45, 7) is 3.77. The molecule has 1 aromatic carbocycles. The number of amides is 1. The van der Waals surface area contributed by atoms with Crippen molar-refractivity contribution in [3.8, 4) is 0 Å². The van der Waals surface area contributed by atoms with Gasteiger partial charge in [-0.15, -0.1) is 0 Å². The first-order chi connectivity index (χ1) is 8.66. The number of rotatable bonds is 3. The first-order valence-corrected chi connectivity index (χ1v) is 6.42. The van der Waals surface area contributed by atoms with Gasteiger partial charge in [-0.2, -0.15) is 0 Å². The molecular weight excluding hydrogens is 246 g/mol. The Kier molecular flexibility index (Phi) is 4.28. The number of hydrogen-bond acceptors (Lipinski definition) is 3. The summed E-state index contributed by atoms with van der Waals surface area (Å²) in [5, 5.41) is 0. The summed E-state index contributed by atoms with van der Waals surface area (Å²) < 4.78 is 0. The van der Waals surface area contributed by atoms with E-state index in [2.05, 4.69) is 4.90 Å². The summed E-state index contributed by atoms with van der Waals surface area (Å²) in [6.07, 6.45) is 0. The van der Waals surface area contributed by atoms with E-state index in [1.165, 1.54) is 0 Å². The number of carbonyl (C=O) groups excluding carboxylic acids is 1. The van der Waals surface area contributed by atoms with Crippen LogP contribution in [0.4, 0.5) is 0 Å². The Balaban J connectivity index is 1.90. The van der Waals surface area contributed by atoms with Crippen molar-refractivity contribution in [1.29, 1.82) is 0 Å². The number of piperazine rings is 1. The molecule has 1 aromatic rings. The van der Waals surface area contributed by atoms with Gasteiger partial charge in [-0.25, -0.2) is 0 Å². The summed E-state index contributed by atoms with van der Waals surface area (Å²) in [4.78, 5) is 16.8. The van der Waals surface area contributed by atoms with E-state index in [-0.39, 0.29) is 5.91 Å². The zero-order chi connectivity index (χ0) is 13.0. The molecule has 0 bridgehead atoms. The molecular formula is C13H17N3OS. The highest BCUT2D eigenvalue weighted by Gasteiger charge is 2.21. The molecule has 0 saturated carbocycles. The molecule has 0 radical (unpaired) electrons. The van der Waals surface area contributed by atoms with Crippen LogP contribution >= 0.6 is 12.2 Å². The molecule has 0 aromatic heterocycles. The average molecular weight is 263 g/mol. The highest BCUT2D eigenvalue weighted by atomic mass is 32.1. The number of nitrogens with two attached hydrogens (primary N) is 1. The molecule has 2 rings (SSSR count). The largest absolute Gasteiger partial charge is 0.392 e. The lowest BCUT2D eigenvalue weighted by atomic mass is 10.2. The Labute approximate surface area is 112 Å². The fourth-order valence-electron chi connectivity index (χ4n) is 2.09. The van der Waals surface area contributed by atoms with Crippen molar-refractivity contribution in [2.75, 3.05) is 32.7 Å². The van der Waals surface area contributed by atoms with Crippen molar-refractivity contribution in [2.45, 2.75) is 0 Å². The smallest absolute Gasteiger partial charge is 0.253 e. The fraction of sp³-hybridized carbons (Fsp3) is 0.385. The Morgan fingerprint density at radius 3 is 2.33 bits per heavy atom. The second-order valence-corrected chi connectivity index (χ2v) is 4.93. The predicted octanol–water partition coefficient (Wildman–Crippen LogP) is 0.730. The molecule has 4 nitrogen and oxygen atoms in total. The van der Waals surface area contributed by atoms with Crippen molar-refractivity contribution in [1.82, 2.24) is 9.80 Å². The molecule has 2 N–H and O–H groups in total. The molecule has 0 atom stereocenters. The normalized spacial score (nSPS) is 16.6. The Morgan fingerprint density at radius 2 is 1.78 bits per heavy atom. The van der Waals surface area contributed by atoms with Gasteiger partial charge in [0.2, 0.25) is 0 Å². The summed E-state index contributed by atoms with van der Waals surface area (Å²) in [7, 11) is 0. The van der Waals surface area contributed by atoms with Crippen LogP contribution in [0.15, 0.2) is 30.3 Å². The molecule has 1 saturated heterocycles. The quantitative estimate of drug-likeness (QED) is 0.817. The van der Waals surface area contributed by atoms with Gasteiger partial charge in [0.25, 0.3) is 5.91 Å². The summed E-state index contributed by atoms with van der Waals surface area (Å²) >= 11 is 4.89. The monoisotopic (exact) mass is 263 g/mol. The molecule has 96 valence electrons. The third kappa shape index (κ3) is 3.27. The van der Waals surface area contributed by atoms with Crippen LogP contribution in [0.2, 0.25) is 0 Å². The van der Waals surface area contributed by atoms with Crippen LogP contribution in [0, 0.1) is 0 Å². The second-order valence-electron chi connectivity index (χ2n) is 4.40. The van der Waals surface area contributed by atoms with Crippen molar-refractivity contribution in [3.63, 3.8) is 0 Å². The van der Waals surface area contributed by atoms with E-state index in [0.29, 0.717) is 11.5 Å². The lowest BCUT2D eigenvalue weighted by Gasteiger charge is -2.34. The van der Waals surface area contributed by atoms with E-state index in [4.69, 9.17) is 18.0 Å². The Morgan fingerprint density at radius 1 is 1.17 bits per heavy atom. The Bertz CT molecular complexity index is 427. The average Bonchev–Trinajstić information content (AvgIpc) is 2.39. The van der Waals surface area contributed by atoms with Crippen molar-refractivity contribution in [2.24, 2.45) is 5.73 Å². The highest BCUT2D eigenvalue weighted by Crippen LogP contribution is 2.08. The molecule has 5 heteroatoms. The molecule has 1 amide bonds. The highest BCUT2D eigenvalue weighted by molar-refractivity contribution is 7.80. The lowest BCUT2D eigenvalue weighted by Crippen LogP contribution is -2.50. The summed E-state index contributed by atoms with van der Waals surface area (Å²) in [5.41, 5.74) is 6.27. The van der Waals surface area contributed by atoms with E-state index in [9.17, 15) is 4.79 Å². The van der Waals surface area contributed by atoms with E-state index in [0.717, 1.165) is 31.7 Å². The van der Waals surface area contributed by atoms with E-state index in [1.54, 1.807) is 0 Å². The summed E-state index contributed by atoms with van der Waals surface area (Å²) in [5.74, 6) is 0.102. The second kappa shape index (κ2) is 5.93. The molecule has 1 aliphatic heterocycles. The third-order valence-electron chi connectivity index (χ3n) is 3.06. The van der Waals surface area contributed by atoms with Crippen molar-refractivity contribution >= 4 is 23.1 Å². The Hall–Kier alpha value is -1.46. The minimum atomic E-state index is 0.102. The SMILES string of the molecule is NC(=S)CN1CCN(C(=O)c2ccccc2)CC1. The number of nitrogens with zero attached hydrogens (tertiary/aromatic N) is 2. The first-order valence-electron chi connectivity index (χ1n) is 6.02. The maximum absolute atomic E-state index is 12.2. The standard InChI is InChI=1S/C13H17N3OS/c14-12(18)10-15-6-8-16(9-7-15)13(17)11-4-2-1-3-5-11/h1-5H,6-10H2,(H2,14,18). The van der Waals surface area contributed by atoms with Gasteiger partial charge in [0, 0.05) is 38.3 Å². The third-order valence-corrected chi connectivity index (χ3v) is 3.19. The molecule has 0 spiro atoms. The van der Waals surface area contributed by atoms with Gasteiger partial charge in [-0.1, -0.05) is 30.4 Å². The maximum atomic E-state index is 12.2. The van der Waals surface area contributed by atoms with Crippen LogP contribution in [0.25, 0.3) is 0 Å². The zero-order valence-electron chi connectivity index (χ0n) is 10.2. The van der Waals surface area contributed by atoms with Gasteiger partial charge in [0.1, 0.15) is 0 Å². The maximum Gasteiger partial charge on any atom is 0.253 e. The molecule has 1 heterocycles. The molecule has 18 heavy (non-hydrogen) atoms. The van der Waals surface area contributed by atoms with Crippen LogP contribution in [-0.4, -0.2) is 53.4 Å². The van der Waals surface area contributed by atoms with E-state index in [1.807, 2.05) is 35.2 Å². The number of benzene rings is 1. The van der Waals surface area contributed by atoms with Gasteiger partial charge in [0.15, 0.2) is 0 Å². The molecule has 1 aliphatic rings. The summed E-state index contributed by atoms with van der Waals surface area (Å²) in [6, 6.07) is 9.39. The van der Waals surface area contributed by atoms with Gasteiger partial charge < -0.3 is 10.6 Å². The van der Waals surface area contributed by atoms with E-state index >= 15 is 0 Å². The molecule has 0 aliphatic carbocycles. The number of carbonyl (C=O) groups is 1. The predicted molar refractivity (Wildman–Crippen MR) is 75.6 cm³/mol. The van der Waals surface area contributed by atoms with Crippen LogP contribution in [0.3, 0.4) is 0 Å². The van der Waals surface area contributed by atoms with Crippen LogP contribution in [-0.2, 0) is 0 Å². The van der Waals surface area contributed by atoms with Crippen LogP contribution in [0.1, 0.15) is 10.4 Å². The van der Waals surface area contributed by atoms with Crippen molar-refractivity contribution < 1.29 is 4.79 Å².